The highest BCUT2D eigenvalue weighted by molar-refractivity contribution is 9.10. The van der Waals surface area contributed by atoms with Crippen LogP contribution in [0.15, 0.2) is 22.7 Å². The van der Waals surface area contributed by atoms with Crippen LogP contribution in [0.5, 0.6) is 0 Å². The molecule has 1 aromatic rings. The van der Waals surface area contributed by atoms with Gasteiger partial charge in [-0.25, -0.2) is 4.39 Å². The number of nitrogens with zero attached hydrogens (tertiary/aromatic N) is 2. The van der Waals surface area contributed by atoms with Crippen LogP contribution in [0.4, 0.5) is 4.39 Å². The zero-order valence-electron chi connectivity index (χ0n) is 12.2. The molecule has 3 rings (SSSR count). The van der Waals surface area contributed by atoms with E-state index in [4.69, 9.17) is 0 Å². The summed E-state index contributed by atoms with van der Waals surface area (Å²) in [6.45, 7) is 2.72. The van der Waals surface area contributed by atoms with Gasteiger partial charge in [-0.2, -0.15) is 0 Å². The first-order valence-corrected chi connectivity index (χ1v) is 8.30. The van der Waals surface area contributed by atoms with Crippen molar-refractivity contribution >= 4 is 21.8 Å². The van der Waals surface area contributed by atoms with Crippen molar-refractivity contribution in [2.24, 2.45) is 5.92 Å². The molecule has 0 aromatic heterocycles. The fraction of sp³-hybridized carbons (Fsp3) is 0.562. The molecule has 114 valence electrons. The molecule has 1 amide bonds. The Balaban J connectivity index is 1.72. The second-order valence-corrected chi connectivity index (χ2v) is 6.97. The molecular weight excluding hydrogens is 335 g/mol. The molecule has 2 heterocycles. The number of carbonyl (C=O) groups is 1. The fourth-order valence-electron chi connectivity index (χ4n) is 3.65. The van der Waals surface area contributed by atoms with Crippen LogP contribution in [0.2, 0.25) is 0 Å². The summed E-state index contributed by atoms with van der Waals surface area (Å²) in [4.78, 5) is 16.9. The van der Waals surface area contributed by atoms with Crippen molar-refractivity contribution < 1.29 is 9.18 Å². The van der Waals surface area contributed by atoms with E-state index in [-0.39, 0.29) is 11.7 Å². The van der Waals surface area contributed by atoms with Crippen molar-refractivity contribution in [3.63, 3.8) is 0 Å². The Bertz CT molecular complexity index is 551. The van der Waals surface area contributed by atoms with Gasteiger partial charge in [-0.15, -0.1) is 0 Å². The van der Waals surface area contributed by atoms with Crippen LogP contribution in [-0.4, -0.2) is 48.4 Å². The van der Waals surface area contributed by atoms with Gasteiger partial charge in [-0.3, -0.25) is 4.79 Å². The number of amides is 1. The third kappa shape index (κ3) is 2.99. The molecule has 5 heteroatoms. The van der Waals surface area contributed by atoms with E-state index in [2.05, 4.69) is 27.9 Å². The maximum Gasteiger partial charge on any atom is 0.253 e. The van der Waals surface area contributed by atoms with Crippen LogP contribution < -0.4 is 0 Å². The summed E-state index contributed by atoms with van der Waals surface area (Å²) < 4.78 is 14.0. The molecule has 0 bridgehead atoms. The maximum atomic E-state index is 13.6. The molecule has 0 spiro atoms. The Morgan fingerprint density at radius 1 is 1.33 bits per heavy atom. The van der Waals surface area contributed by atoms with E-state index in [1.807, 2.05) is 4.90 Å². The predicted octanol–water partition coefficient (Wildman–Crippen LogP) is 3.14. The molecule has 0 N–H and O–H groups in total. The first-order valence-electron chi connectivity index (χ1n) is 7.51. The molecular formula is C16H20BrFN2O. The summed E-state index contributed by atoms with van der Waals surface area (Å²) in [5, 5.41) is 0. The van der Waals surface area contributed by atoms with Crippen LogP contribution >= 0.6 is 15.9 Å². The van der Waals surface area contributed by atoms with Crippen molar-refractivity contribution in [3.05, 3.63) is 34.1 Å². The average molecular weight is 355 g/mol. The Hall–Kier alpha value is -0.940. The van der Waals surface area contributed by atoms with Gasteiger partial charge in [0.15, 0.2) is 0 Å². The van der Waals surface area contributed by atoms with Gasteiger partial charge in [0.2, 0.25) is 0 Å². The smallest absolute Gasteiger partial charge is 0.253 e. The molecule has 2 aliphatic heterocycles. The Morgan fingerprint density at radius 2 is 2.14 bits per heavy atom. The van der Waals surface area contributed by atoms with E-state index < -0.39 is 0 Å². The number of piperidine rings is 2. The lowest BCUT2D eigenvalue weighted by atomic mass is 9.84. The molecule has 2 fully saturated rings. The second kappa shape index (κ2) is 6.05. The lowest BCUT2D eigenvalue weighted by Crippen LogP contribution is -2.53. The first kappa shape index (κ1) is 15.0. The second-order valence-electron chi connectivity index (χ2n) is 6.12. The molecule has 2 atom stereocenters. The van der Waals surface area contributed by atoms with Gasteiger partial charge >= 0.3 is 0 Å². The Labute approximate surface area is 133 Å². The molecule has 0 radical (unpaired) electrons. The highest BCUT2D eigenvalue weighted by Crippen LogP contribution is 2.30. The van der Waals surface area contributed by atoms with Crippen LogP contribution in [0.1, 0.15) is 29.6 Å². The number of likely N-dealkylation sites (tertiary alicyclic amines) is 2. The summed E-state index contributed by atoms with van der Waals surface area (Å²) in [6.07, 6.45) is 3.41. The van der Waals surface area contributed by atoms with Gasteiger partial charge < -0.3 is 9.80 Å². The average Bonchev–Trinajstić information content (AvgIpc) is 2.49. The lowest BCUT2D eigenvalue weighted by molar-refractivity contribution is 0.0316. The first-order chi connectivity index (χ1) is 10.1. The van der Waals surface area contributed by atoms with E-state index in [0.717, 1.165) is 26.1 Å². The van der Waals surface area contributed by atoms with Crippen molar-refractivity contribution in [1.82, 2.24) is 9.80 Å². The van der Waals surface area contributed by atoms with Crippen molar-refractivity contribution in [3.8, 4) is 0 Å². The van der Waals surface area contributed by atoms with E-state index >= 15 is 0 Å². The van der Waals surface area contributed by atoms with Gasteiger partial charge in [-0.05, 0) is 72.9 Å². The zero-order valence-corrected chi connectivity index (χ0v) is 13.8. The van der Waals surface area contributed by atoms with E-state index in [9.17, 15) is 9.18 Å². The standard InChI is InChI=1S/C16H20BrFN2O/c1-19-7-2-3-12-10-20(8-6-15(12)19)16(21)11-4-5-13(17)14(18)9-11/h4-5,9,12,15H,2-3,6-8,10H2,1H3. The molecule has 2 saturated heterocycles. The number of benzene rings is 1. The molecule has 1 aromatic carbocycles. The summed E-state index contributed by atoms with van der Waals surface area (Å²) in [7, 11) is 2.18. The van der Waals surface area contributed by atoms with Gasteiger partial charge in [0.25, 0.3) is 5.91 Å². The van der Waals surface area contributed by atoms with Gasteiger partial charge in [0.05, 0.1) is 4.47 Å². The molecule has 21 heavy (non-hydrogen) atoms. The van der Waals surface area contributed by atoms with Crippen LogP contribution in [0.3, 0.4) is 0 Å². The minimum Gasteiger partial charge on any atom is -0.338 e. The third-order valence-electron chi connectivity index (χ3n) is 4.80. The summed E-state index contributed by atoms with van der Waals surface area (Å²) in [5.74, 6) is 0.128. The number of carbonyl (C=O) groups excluding carboxylic acids is 1. The normalized spacial score (nSPS) is 26.5. The van der Waals surface area contributed by atoms with Crippen molar-refractivity contribution in [2.45, 2.75) is 25.3 Å². The predicted molar refractivity (Wildman–Crippen MR) is 83.8 cm³/mol. The van der Waals surface area contributed by atoms with E-state index in [0.29, 0.717) is 22.0 Å². The molecule has 0 aliphatic carbocycles. The number of hydrogen-bond donors (Lipinski definition) is 0. The topological polar surface area (TPSA) is 23.6 Å². The minimum atomic E-state index is -0.381. The Kier molecular flexibility index (Phi) is 4.31. The lowest BCUT2D eigenvalue weighted by Gasteiger charge is -2.46. The monoisotopic (exact) mass is 354 g/mol. The highest BCUT2D eigenvalue weighted by Gasteiger charge is 2.35. The number of fused-ring (bicyclic) bond motifs is 1. The quantitative estimate of drug-likeness (QED) is 0.773. The number of halogens is 2. The Morgan fingerprint density at radius 3 is 2.90 bits per heavy atom. The van der Waals surface area contributed by atoms with Crippen LogP contribution in [0.25, 0.3) is 0 Å². The van der Waals surface area contributed by atoms with E-state index in [1.165, 1.54) is 18.9 Å². The SMILES string of the molecule is CN1CCCC2CN(C(=O)c3ccc(Br)c(F)c3)CCC21. The van der Waals surface area contributed by atoms with Gasteiger partial charge in [0.1, 0.15) is 5.82 Å². The van der Waals surface area contributed by atoms with Gasteiger partial charge in [0, 0.05) is 24.7 Å². The molecule has 0 saturated carbocycles. The third-order valence-corrected chi connectivity index (χ3v) is 5.44. The zero-order chi connectivity index (χ0) is 15.0. The summed E-state index contributed by atoms with van der Waals surface area (Å²) in [6, 6.07) is 5.22. The summed E-state index contributed by atoms with van der Waals surface area (Å²) in [5.41, 5.74) is 0.443. The largest absolute Gasteiger partial charge is 0.338 e. The van der Waals surface area contributed by atoms with Crippen molar-refractivity contribution in [1.29, 1.82) is 0 Å². The molecule has 3 nitrogen and oxygen atoms in total. The maximum absolute atomic E-state index is 13.6. The highest BCUT2D eigenvalue weighted by atomic mass is 79.9. The fourth-order valence-corrected chi connectivity index (χ4v) is 3.90. The van der Waals surface area contributed by atoms with Gasteiger partial charge in [-0.1, -0.05) is 0 Å². The van der Waals surface area contributed by atoms with Crippen molar-refractivity contribution in [2.75, 3.05) is 26.7 Å². The van der Waals surface area contributed by atoms with E-state index in [1.54, 1.807) is 12.1 Å². The summed E-state index contributed by atoms with van der Waals surface area (Å²) >= 11 is 3.12. The number of hydrogen-bond acceptors (Lipinski definition) is 2. The van der Waals surface area contributed by atoms with Crippen LogP contribution in [0, 0.1) is 11.7 Å². The molecule has 2 aliphatic rings. The minimum absolute atomic E-state index is 0.0481. The number of rotatable bonds is 1. The van der Waals surface area contributed by atoms with Crippen LogP contribution in [-0.2, 0) is 0 Å². The molecule has 2 unspecified atom stereocenters.